The van der Waals surface area contributed by atoms with Crippen LogP contribution in [0.15, 0.2) is 42.5 Å². The van der Waals surface area contributed by atoms with Gasteiger partial charge in [-0.25, -0.2) is 0 Å². The quantitative estimate of drug-likeness (QED) is 0.546. The van der Waals surface area contributed by atoms with E-state index in [-0.39, 0.29) is 37.0 Å². The van der Waals surface area contributed by atoms with Crippen LogP contribution in [0.2, 0.25) is 0 Å². The summed E-state index contributed by atoms with van der Waals surface area (Å²) in [5, 5.41) is 15.9. The Bertz CT molecular complexity index is 1010. The predicted molar refractivity (Wildman–Crippen MR) is 109 cm³/mol. The van der Waals surface area contributed by atoms with Gasteiger partial charge in [-0.2, -0.15) is 0 Å². The average Bonchev–Trinajstić information content (AvgIpc) is 3.01. The van der Waals surface area contributed by atoms with Crippen molar-refractivity contribution in [2.24, 2.45) is 5.92 Å². The molecule has 1 aliphatic rings. The zero-order valence-corrected chi connectivity index (χ0v) is 16.9. The summed E-state index contributed by atoms with van der Waals surface area (Å²) in [6, 6.07) is 11.3. The van der Waals surface area contributed by atoms with Crippen LogP contribution in [-0.2, 0) is 9.59 Å². The summed E-state index contributed by atoms with van der Waals surface area (Å²) in [5.41, 5.74) is 2.64. The SMILES string of the molecule is CC(C)[C@H](NC(=O)c1cccc2c1-c1ccccc1C2=O)C(=O)NCCCC(=O)[O-]. The molecule has 2 N–H and O–H groups in total. The first-order chi connectivity index (χ1) is 14.3. The van der Waals surface area contributed by atoms with E-state index in [9.17, 15) is 24.3 Å². The van der Waals surface area contributed by atoms with Crippen molar-refractivity contribution in [1.29, 1.82) is 0 Å². The van der Waals surface area contributed by atoms with Crippen molar-refractivity contribution in [1.82, 2.24) is 10.6 Å². The summed E-state index contributed by atoms with van der Waals surface area (Å²) in [4.78, 5) is 48.7. The van der Waals surface area contributed by atoms with E-state index in [1.54, 1.807) is 50.2 Å². The number of benzene rings is 2. The van der Waals surface area contributed by atoms with Crippen LogP contribution in [0.1, 0.15) is 53.0 Å². The third kappa shape index (κ3) is 4.25. The number of carboxylic acid groups (broad SMARTS) is 1. The van der Waals surface area contributed by atoms with Gasteiger partial charge in [0.25, 0.3) is 5.91 Å². The molecule has 30 heavy (non-hydrogen) atoms. The summed E-state index contributed by atoms with van der Waals surface area (Å²) in [7, 11) is 0. The largest absolute Gasteiger partial charge is 0.550 e. The van der Waals surface area contributed by atoms with Crippen LogP contribution in [-0.4, -0.2) is 36.2 Å². The molecule has 3 rings (SSSR count). The molecule has 0 saturated carbocycles. The van der Waals surface area contributed by atoms with Crippen molar-refractivity contribution < 1.29 is 24.3 Å². The van der Waals surface area contributed by atoms with Gasteiger partial charge in [-0.05, 0) is 30.4 Å². The first-order valence-corrected chi connectivity index (χ1v) is 9.86. The lowest BCUT2D eigenvalue weighted by Crippen LogP contribution is -2.50. The topological polar surface area (TPSA) is 115 Å². The Hall–Kier alpha value is -3.48. The van der Waals surface area contributed by atoms with Gasteiger partial charge in [0.2, 0.25) is 5.91 Å². The van der Waals surface area contributed by atoms with E-state index in [4.69, 9.17) is 0 Å². The highest BCUT2D eigenvalue weighted by Crippen LogP contribution is 2.38. The standard InChI is InChI=1S/C23H24N2O5/c1-13(2)20(23(30)24-12-6-11-18(26)27)25-22(29)17-10-5-9-16-19(17)14-7-3-4-8-15(14)21(16)28/h3-5,7-10,13,20H,6,11-12H2,1-2H3,(H,24,30)(H,25,29)(H,26,27)/p-1/t20-/m0/s1. The molecule has 0 spiro atoms. The Morgan fingerprint density at radius 3 is 2.30 bits per heavy atom. The third-order valence-electron chi connectivity index (χ3n) is 5.09. The minimum absolute atomic E-state index is 0.124. The number of nitrogens with one attached hydrogen (secondary N) is 2. The van der Waals surface area contributed by atoms with Crippen LogP contribution in [0.5, 0.6) is 0 Å². The Labute approximate surface area is 174 Å². The second-order valence-corrected chi connectivity index (χ2v) is 7.56. The molecular weight excluding hydrogens is 384 g/mol. The van der Waals surface area contributed by atoms with Crippen LogP contribution < -0.4 is 15.7 Å². The summed E-state index contributed by atoms with van der Waals surface area (Å²) in [6.07, 6.45) is 0.0977. The van der Waals surface area contributed by atoms with Crippen LogP contribution in [0.4, 0.5) is 0 Å². The molecule has 1 atom stereocenters. The van der Waals surface area contributed by atoms with Gasteiger partial charge in [0.1, 0.15) is 6.04 Å². The van der Waals surface area contributed by atoms with E-state index in [2.05, 4.69) is 10.6 Å². The molecule has 0 aromatic heterocycles. The van der Waals surface area contributed by atoms with Gasteiger partial charge >= 0.3 is 0 Å². The van der Waals surface area contributed by atoms with Gasteiger partial charge < -0.3 is 20.5 Å². The van der Waals surface area contributed by atoms with E-state index in [0.717, 1.165) is 0 Å². The molecule has 0 bridgehead atoms. The predicted octanol–water partition coefficient (Wildman–Crippen LogP) is 1.30. The Balaban J connectivity index is 1.80. The molecule has 7 heteroatoms. The molecule has 0 fully saturated rings. The van der Waals surface area contributed by atoms with E-state index in [1.165, 1.54) is 0 Å². The molecule has 156 valence electrons. The van der Waals surface area contributed by atoms with Crippen molar-refractivity contribution in [3.05, 3.63) is 59.2 Å². The molecule has 0 heterocycles. The van der Waals surface area contributed by atoms with Gasteiger partial charge in [0.05, 0.1) is 0 Å². The number of fused-ring (bicyclic) bond motifs is 3. The molecule has 0 radical (unpaired) electrons. The molecule has 2 aromatic rings. The number of carbonyl (C=O) groups is 4. The highest BCUT2D eigenvalue weighted by atomic mass is 16.4. The first kappa shape index (κ1) is 21.2. The first-order valence-electron chi connectivity index (χ1n) is 9.86. The van der Waals surface area contributed by atoms with Crippen LogP contribution in [0, 0.1) is 5.92 Å². The molecule has 7 nitrogen and oxygen atoms in total. The smallest absolute Gasteiger partial charge is 0.252 e. The molecule has 1 aliphatic carbocycles. The minimum atomic E-state index is -1.18. The zero-order chi connectivity index (χ0) is 21.8. The Morgan fingerprint density at radius 1 is 0.967 bits per heavy atom. The van der Waals surface area contributed by atoms with Gasteiger partial charge in [0, 0.05) is 34.8 Å². The Kier molecular flexibility index (Phi) is 6.30. The van der Waals surface area contributed by atoms with E-state index >= 15 is 0 Å². The van der Waals surface area contributed by atoms with Crippen LogP contribution in [0.3, 0.4) is 0 Å². The van der Waals surface area contributed by atoms with Gasteiger partial charge in [0.15, 0.2) is 5.78 Å². The van der Waals surface area contributed by atoms with Crippen molar-refractivity contribution >= 4 is 23.6 Å². The molecule has 0 aliphatic heterocycles. The lowest BCUT2D eigenvalue weighted by molar-refractivity contribution is -0.305. The average molecular weight is 407 g/mol. The van der Waals surface area contributed by atoms with Gasteiger partial charge in [-0.15, -0.1) is 0 Å². The number of hydrogen-bond donors (Lipinski definition) is 2. The second-order valence-electron chi connectivity index (χ2n) is 7.56. The maximum Gasteiger partial charge on any atom is 0.252 e. The lowest BCUT2D eigenvalue weighted by Gasteiger charge is -2.22. The van der Waals surface area contributed by atoms with Gasteiger partial charge in [-0.3, -0.25) is 14.4 Å². The summed E-state index contributed by atoms with van der Waals surface area (Å²) >= 11 is 0. The molecular formula is C23H23N2O5-. The number of carboxylic acids is 1. The summed E-state index contributed by atoms with van der Waals surface area (Å²) in [6.45, 7) is 3.79. The summed E-state index contributed by atoms with van der Waals surface area (Å²) in [5.74, 6) is -2.33. The summed E-state index contributed by atoms with van der Waals surface area (Å²) < 4.78 is 0. The number of hydrogen-bond acceptors (Lipinski definition) is 5. The number of amides is 2. The van der Waals surface area contributed by atoms with Crippen molar-refractivity contribution in [3.8, 4) is 11.1 Å². The molecule has 0 unspecified atom stereocenters. The normalized spacial score (nSPS) is 12.8. The van der Waals surface area contributed by atoms with Gasteiger partial charge in [-0.1, -0.05) is 50.2 Å². The second kappa shape index (κ2) is 8.90. The minimum Gasteiger partial charge on any atom is -0.550 e. The fourth-order valence-corrected chi connectivity index (χ4v) is 3.57. The maximum atomic E-state index is 13.1. The maximum absolute atomic E-state index is 13.1. The fourth-order valence-electron chi connectivity index (χ4n) is 3.57. The highest BCUT2D eigenvalue weighted by Gasteiger charge is 2.32. The van der Waals surface area contributed by atoms with E-state index in [0.29, 0.717) is 27.8 Å². The van der Waals surface area contributed by atoms with E-state index in [1.807, 2.05) is 6.07 Å². The zero-order valence-electron chi connectivity index (χ0n) is 16.9. The van der Waals surface area contributed by atoms with E-state index < -0.39 is 17.9 Å². The van der Waals surface area contributed by atoms with Crippen molar-refractivity contribution in [2.45, 2.75) is 32.7 Å². The highest BCUT2D eigenvalue weighted by molar-refractivity contribution is 6.24. The number of aliphatic carboxylic acids is 1. The lowest BCUT2D eigenvalue weighted by atomic mass is 9.97. The Morgan fingerprint density at radius 2 is 1.63 bits per heavy atom. The van der Waals surface area contributed by atoms with Crippen LogP contribution in [0.25, 0.3) is 11.1 Å². The monoisotopic (exact) mass is 407 g/mol. The third-order valence-corrected chi connectivity index (χ3v) is 5.09. The van der Waals surface area contributed by atoms with Crippen LogP contribution >= 0.6 is 0 Å². The van der Waals surface area contributed by atoms with Crippen molar-refractivity contribution in [2.75, 3.05) is 6.54 Å². The van der Waals surface area contributed by atoms with Crippen molar-refractivity contribution in [3.63, 3.8) is 0 Å². The molecule has 0 saturated heterocycles. The molecule has 2 amide bonds. The number of rotatable bonds is 8. The fraction of sp³-hybridized carbons (Fsp3) is 0.304. The number of carbonyl (C=O) groups excluding carboxylic acids is 4. The molecule has 2 aromatic carbocycles. The number of ketones is 1.